The molecule has 7 nitrogen and oxygen atoms in total. The van der Waals surface area contributed by atoms with Gasteiger partial charge in [-0.25, -0.2) is 9.59 Å². The third-order valence-electron chi connectivity index (χ3n) is 2.45. The molecule has 106 valence electrons. The molecule has 1 aliphatic rings. The number of rotatable bonds is 6. The summed E-state index contributed by atoms with van der Waals surface area (Å²) in [7, 11) is 0. The lowest BCUT2D eigenvalue weighted by atomic mass is 10.2. The number of nitrogens with one attached hydrogen (secondary N) is 1. The summed E-state index contributed by atoms with van der Waals surface area (Å²) in [5, 5.41) is 11.9. The van der Waals surface area contributed by atoms with Crippen molar-refractivity contribution in [2.45, 2.75) is 31.9 Å². The smallest absolute Gasteiger partial charge is 0.333 e. The molecular weight excluding hydrogens is 254 g/mol. The maximum Gasteiger partial charge on any atom is 0.333 e. The number of aliphatic hydroxyl groups is 1. The molecule has 0 radical (unpaired) electrons. The van der Waals surface area contributed by atoms with Gasteiger partial charge in [0.2, 0.25) is 5.91 Å². The van der Waals surface area contributed by atoms with E-state index in [4.69, 9.17) is 9.47 Å². The molecule has 1 fully saturated rings. The van der Waals surface area contributed by atoms with Crippen LogP contribution >= 0.6 is 0 Å². The van der Waals surface area contributed by atoms with Crippen LogP contribution < -0.4 is 5.32 Å². The van der Waals surface area contributed by atoms with E-state index >= 15 is 0 Å². The fourth-order valence-corrected chi connectivity index (χ4v) is 1.41. The number of carbonyl (C=O) groups is 3. The summed E-state index contributed by atoms with van der Waals surface area (Å²) in [6, 6.07) is -0.655. The third-order valence-corrected chi connectivity index (χ3v) is 2.45. The van der Waals surface area contributed by atoms with Crippen LogP contribution in [0.2, 0.25) is 0 Å². The zero-order chi connectivity index (χ0) is 14.4. The monoisotopic (exact) mass is 271 g/mol. The zero-order valence-electron chi connectivity index (χ0n) is 10.7. The average Bonchev–Trinajstić information content (AvgIpc) is 2.79. The van der Waals surface area contributed by atoms with Gasteiger partial charge in [0, 0.05) is 12.0 Å². The topological polar surface area (TPSA) is 102 Å². The van der Waals surface area contributed by atoms with Gasteiger partial charge >= 0.3 is 11.9 Å². The van der Waals surface area contributed by atoms with Crippen molar-refractivity contribution in [3.8, 4) is 0 Å². The first-order chi connectivity index (χ1) is 8.90. The maximum absolute atomic E-state index is 11.5. The Balaban J connectivity index is 2.21. The van der Waals surface area contributed by atoms with E-state index in [9.17, 15) is 19.5 Å². The molecule has 7 heteroatoms. The Morgan fingerprint density at radius 1 is 1.47 bits per heavy atom. The van der Waals surface area contributed by atoms with Crippen molar-refractivity contribution in [2.75, 3.05) is 13.2 Å². The number of esters is 2. The number of aliphatic hydroxyl groups excluding tert-OH is 1. The average molecular weight is 271 g/mol. The summed E-state index contributed by atoms with van der Waals surface area (Å²) in [5.74, 6) is -1.41. The number of hydrogen-bond acceptors (Lipinski definition) is 6. The van der Waals surface area contributed by atoms with Gasteiger partial charge in [-0.2, -0.15) is 0 Å². The Morgan fingerprint density at radius 3 is 2.63 bits per heavy atom. The van der Waals surface area contributed by atoms with Crippen molar-refractivity contribution >= 4 is 17.8 Å². The van der Waals surface area contributed by atoms with Gasteiger partial charge in [-0.05, 0) is 13.3 Å². The first-order valence-corrected chi connectivity index (χ1v) is 5.87. The maximum atomic E-state index is 11.5. The van der Waals surface area contributed by atoms with Crippen LogP contribution in [0.15, 0.2) is 12.2 Å². The molecule has 2 unspecified atom stereocenters. The minimum absolute atomic E-state index is 0.196. The van der Waals surface area contributed by atoms with Crippen LogP contribution in [0.1, 0.15) is 19.8 Å². The first-order valence-electron chi connectivity index (χ1n) is 5.87. The Kier molecular flexibility index (Phi) is 5.50. The second-order valence-corrected chi connectivity index (χ2v) is 4.32. The molecule has 0 saturated carbocycles. The molecule has 1 aliphatic heterocycles. The van der Waals surface area contributed by atoms with Crippen LogP contribution in [0.5, 0.6) is 0 Å². The lowest BCUT2D eigenvalue weighted by molar-refractivity contribution is -0.152. The van der Waals surface area contributed by atoms with Crippen molar-refractivity contribution < 1.29 is 29.0 Å². The van der Waals surface area contributed by atoms with Gasteiger partial charge in [0.1, 0.15) is 25.4 Å². The highest BCUT2D eigenvalue weighted by Crippen LogP contribution is 2.08. The number of amides is 1. The van der Waals surface area contributed by atoms with Crippen molar-refractivity contribution in [1.29, 1.82) is 0 Å². The highest BCUT2D eigenvalue weighted by molar-refractivity contribution is 5.88. The summed E-state index contributed by atoms with van der Waals surface area (Å²) in [6.45, 7) is 4.29. The highest BCUT2D eigenvalue weighted by Gasteiger charge is 2.28. The number of carbonyl (C=O) groups excluding carboxylic acids is 3. The first kappa shape index (κ1) is 15.2. The fraction of sp³-hybridized carbons (Fsp3) is 0.583. The Hall–Kier alpha value is -1.89. The molecule has 19 heavy (non-hydrogen) atoms. The van der Waals surface area contributed by atoms with E-state index in [0.717, 1.165) is 0 Å². The minimum Gasteiger partial charge on any atom is -0.461 e. The quantitative estimate of drug-likeness (QED) is 0.488. The van der Waals surface area contributed by atoms with Crippen LogP contribution in [0.4, 0.5) is 0 Å². The van der Waals surface area contributed by atoms with Crippen LogP contribution in [0.25, 0.3) is 0 Å². The third kappa shape index (κ3) is 5.09. The largest absolute Gasteiger partial charge is 0.461 e. The summed E-state index contributed by atoms with van der Waals surface area (Å²) < 4.78 is 9.50. The van der Waals surface area contributed by atoms with Gasteiger partial charge in [-0.1, -0.05) is 6.58 Å². The highest BCUT2D eigenvalue weighted by atomic mass is 16.6. The van der Waals surface area contributed by atoms with E-state index in [0.29, 0.717) is 12.8 Å². The molecule has 1 amide bonds. The van der Waals surface area contributed by atoms with Gasteiger partial charge in [0.05, 0.1) is 0 Å². The molecule has 1 heterocycles. The molecule has 0 spiro atoms. The van der Waals surface area contributed by atoms with E-state index in [1.807, 2.05) is 0 Å². The Bertz CT molecular complexity index is 392. The van der Waals surface area contributed by atoms with E-state index < -0.39 is 24.1 Å². The summed E-state index contributed by atoms with van der Waals surface area (Å²) >= 11 is 0. The van der Waals surface area contributed by atoms with Gasteiger partial charge in [0.25, 0.3) is 0 Å². The van der Waals surface area contributed by atoms with E-state index in [1.54, 1.807) is 0 Å². The molecule has 0 aromatic carbocycles. The van der Waals surface area contributed by atoms with Gasteiger partial charge in [-0.3, -0.25) is 4.79 Å². The van der Waals surface area contributed by atoms with Crippen molar-refractivity contribution in [2.24, 2.45) is 0 Å². The van der Waals surface area contributed by atoms with Crippen LogP contribution in [-0.2, 0) is 23.9 Å². The zero-order valence-corrected chi connectivity index (χ0v) is 10.7. The van der Waals surface area contributed by atoms with E-state index in [2.05, 4.69) is 11.9 Å². The fourth-order valence-electron chi connectivity index (χ4n) is 1.41. The Morgan fingerprint density at radius 2 is 2.11 bits per heavy atom. The molecular formula is C12H17NO6. The molecule has 0 aromatic rings. The lowest BCUT2D eigenvalue weighted by Crippen LogP contribution is -2.36. The molecule has 2 N–H and O–H groups in total. The van der Waals surface area contributed by atoms with E-state index in [-0.39, 0.29) is 24.7 Å². The van der Waals surface area contributed by atoms with Crippen molar-refractivity contribution in [3.63, 3.8) is 0 Å². The molecule has 0 aliphatic carbocycles. The van der Waals surface area contributed by atoms with Crippen LogP contribution in [0.3, 0.4) is 0 Å². The second-order valence-electron chi connectivity index (χ2n) is 4.32. The van der Waals surface area contributed by atoms with Gasteiger partial charge in [0.15, 0.2) is 0 Å². The molecule has 0 aromatic heterocycles. The molecule has 1 saturated heterocycles. The van der Waals surface area contributed by atoms with Gasteiger partial charge in [-0.15, -0.1) is 0 Å². The number of hydrogen-bond donors (Lipinski definition) is 2. The molecule has 2 atom stereocenters. The molecule has 0 bridgehead atoms. The summed E-state index contributed by atoms with van der Waals surface area (Å²) in [5.41, 5.74) is 0.220. The SMILES string of the molecule is C=C(C)C(=O)OCC(O)COC(=O)C1CCC(=O)N1. The van der Waals surface area contributed by atoms with Crippen molar-refractivity contribution in [1.82, 2.24) is 5.32 Å². The Labute approximate surface area is 110 Å². The van der Waals surface area contributed by atoms with E-state index in [1.165, 1.54) is 6.92 Å². The lowest BCUT2D eigenvalue weighted by Gasteiger charge is -2.14. The van der Waals surface area contributed by atoms with Gasteiger partial charge < -0.3 is 19.9 Å². The van der Waals surface area contributed by atoms with Crippen LogP contribution in [-0.4, -0.2) is 48.3 Å². The molecule has 1 rings (SSSR count). The summed E-state index contributed by atoms with van der Waals surface area (Å²) in [4.78, 5) is 33.4. The minimum atomic E-state index is -1.11. The van der Waals surface area contributed by atoms with Crippen LogP contribution in [0, 0.1) is 0 Å². The number of ether oxygens (including phenoxy) is 2. The normalized spacial score (nSPS) is 19.5. The predicted octanol–water partition coefficient (Wildman–Crippen LogP) is -0.712. The standard InChI is InChI=1S/C12H17NO6/c1-7(2)11(16)18-5-8(14)6-19-12(17)9-3-4-10(15)13-9/h8-9,14H,1,3-6H2,2H3,(H,13,15). The van der Waals surface area contributed by atoms with Crippen molar-refractivity contribution in [3.05, 3.63) is 12.2 Å². The summed E-state index contributed by atoms with van der Waals surface area (Å²) in [6.07, 6.45) is -0.430. The second kappa shape index (κ2) is 6.89. The predicted molar refractivity (Wildman–Crippen MR) is 63.9 cm³/mol.